The number of carbonyl (C=O) groups excluding carboxylic acids is 5. The molecule has 1 aliphatic rings. The van der Waals surface area contributed by atoms with Crippen molar-refractivity contribution >= 4 is 29.5 Å². The van der Waals surface area contributed by atoms with E-state index in [1.54, 1.807) is 24.0 Å². The number of hydrogen-bond donors (Lipinski definition) is 6. The SMILES string of the molecule is CC(C)C[C@@H](NC(=O)[C@@H](Cc1ccccc1)NC(=O)[C@H](N)Cc1ccccc1)C(=O)N[C@H](CCCCN)C(=O)N1CCC(NC(=O)[C@@H](C)c2ccc(-c3ccccc3)c(F)c2)CC1. The van der Waals surface area contributed by atoms with Crippen LogP contribution in [0.4, 0.5) is 4.39 Å². The summed E-state index contributed by atoms with van der Waals surface area (Å²) in [4.78, 5) is 70.7. The van der Waals surface area contributed by atoms with Crippen LogP contribution < -0.4 is 32.7 Å². The molecule has 0 aromatic heterocycles. The number of halogens is 1. The summed E-state index contributed by atoms with van der Waals surface area (Å²) in [6.45, 7) is 6.77. The van der Waals surface area contributed by atoms with Gasteiger partial charge in [0.2, 0.25) is 29.5 Å². The molecule has 4 aromatic rings. The lowest BCUT2D eigenvalue weighted by Crippen LogP contribution is -2.59. The standard InChI is InChI=1S/C50H64FN7O5/c1-33(2)29-44(57-49(62)45(31-36-17-9-5-10-18-36)56-47(60)42(53)30-35-15-7-4-8-16-35)48(61)55-43(21-13-14-26-52)50(63)58-27-24-39(25-28-58)54-46(59)34(3)38-22-23-40(41(51)32-38)37-19-11-6-12-20-37/h4-12,15-20,22-23,32-34,39,42-45H,13-14,21,24-31,52-53H2,1-3H3,(H,54,59)(H,55,61)(H,56,60)(H,57,62)/t34-,42+,43+,44+,45+/m0/s1. The molecular formula is C50H64FN7O5. The van der Waals surface area contributed by atoms with E-state index in [1.807, 2.05) is 105 Å². The van der Waals surface area contributed by atoms with Crippen molar-refractivity contribution in [3.63, 3.8) is 0 Å². The average molecular weight is 862 g/mol. The molecule has 1 saturated heterocycles. The molecule has 1 fully saturated rings. The largest absolute Gasteiger partial charge is 0.353 e. The first-order valence-corrected chi connectivity index (χ1v) is 22.2. The van der Waals surface area contributed by atoms with E-state index in [0.29, 0.717) is 62.9 Å². The lowest BCUT2D eigenvalue weighted by molar-refractivity contribution is -0.139. The van der Waals surface area contributed by atoms with Gasteiger partial charge in [0, 0.05) is 31.1 Å². The maximum absolute atomic E-state index is 15.1. The van der Waals surface area contributed by atoms with Crippen molar-refractivity contribution in [2.75, 3.05) is 19.6 Å². The molecule has 0 bridgehead atoms. The van der Waals surface area contributed by atoms with Crippen LogP contribution in [-0.2, 0) is 36.8 Å². The fourth-order valence-electron chi connectivity index (χ4n) is 7.89. The Balaban J connectivity index is 1.21. The van der Waals surface area contributed by atoms with E-state index in [0.717, 1.165) is 16.7 Å². The summed E-state index contributed by atoms with van der Waals surface area (Å²) in [5, 5.41) is 11.8. The second-order valence-corrected chi connectivity index (χ2v) is 17.0. The van der Waals surface area contributed by atoms with Crippen molar-refractivity contribution in [3.8, 4) is 11.1 Å². The Labute approximate surface area is 371 Å². The van der Waals surface area contributed by atoms with Gasteiger partial charge >= 0.3 is 0 Å². The van der Waals surface area contributed by atoms with Gasteiger partial charge in [0.05, 0.1) is 12.0 Å². The van der Waals surface area contributed by atoms with Crippen LogP contribution in [0.15, 0.2) is 109 Å². The number of hydrogen-bond acceptors (Lipinski definition) is 7. The molecule has 0 aliphatic carbocycles. The lowest BCUT2D eigenvalue weighted by Gasteiger charge is -2.35. The Bertz CT molecular complexity index is 2100. The van der Waals surface area contributed by atoms with Crippen molar-refractivity contribution in [2.24, 2.45) is 17.4 Å². The quantitative estimate of drug-likeness (QED) is 0.0626. The zero-order chi connectivity index (χ0) is 45.3. The fraction of sp³-hybridized carbons (Fsp3) is 0.420. The number of unbranched alkanes of at least 4 members (excludes halogenated alkanes) is 1. The van der Waals surface area contributed by atoms with Gasteiger partial charge in [-0.1, -0.05) is 117 Å². The van der Waals surface area contributed by atoms with Gasteiger partial charge in [0.25, 0.3) is 0 Å². The van der Waals surface area contributed by atoms with Crippen molar-refractivity contribution in [1.29, 1.82) is 0 Å². The Morgan fingerprint density at radius 2 is 1.24 bits per heavy atom. The third-order valence-electron chi connectivity index (χ3n) is 11.6. The highest BCUT2D eigenvalue weighted by Crippen LogP contribution is 2.27. The molecule has 0 saturated carbocycles. The topological polar surface area (TPSA) is 189 Å². The number of nitrogens with two attached hydrogens (primary N) is 2. The van der Waals surface area contributed by atoms with Gasteiger partial charge in [-0.05, 0) is 92.7 Å². The molecule has 63 heavy (non-hydrogen) atoms. The van der Waals surface area contributed by atoms with Gasteiger partial charge in [-0.2, -0.15) is 0 Å². The summed E-state index contributed by atoms with van der Waals surface area (Å²) in [5.41, 5.74) is 15.6. The van der Waals surface area contributed by atoms with E-state index in [2.05, 4.69) is 21.3 Å². The van der Waals surface area contributed by atoms with E-state index in [-0.39, 0.29) is 43.0 Å². The highest BCUT2D eigenvalue weighted by molar-refractivity contribution is 5.95. The van der Waals surface area contributed by atoms with Gasteiger partial charge in [0.15, 0.2) is 0 Å². The summed E-state index contributed by atoms with van der Waals surface area (Å²) in [7, 11) is 0. The first-order chi connectivity index (χ1) is 30.3. The van der Waals surface area contributed by atoms with Crippen LogP contribution in [0, 0.1) is 11.7 Å². The molecule has 5 amide bonds. The van der Waals surface area contributed by atoms with E-state index in [1.165, 1.54) is 6.07 Å². The number of nitrogens with one attached hydrogen (secondary N) is 4. The lowest BCUT2D eigenvalue weighted by atomic mass is 9.95. The zero-order valence-corrected chi connectivity index (χ0v) is 36.7. The number of rotatable bonds is 21. The Hall–Kier alpha value is -5.92. The number of amides is 5. The Morgan fingerprint density at radius 3 is 1.83 bits per heavy atom. The van der Waals surface area contributed by atoms with E-state index in [9.17, 15) is 24.0 Å². The number of nitrogens with zero attached hydrogens (tertiary/aromatic N) is 1. The summed E-state index contributed by atoms with van der Waals surface area (Å²) >= 11 is 0. The predicted molar refractivity (Wildman–Crippen MR) is 244 cm³/mol. The normalized spacial score (nSPS) is 15.4. The number of piperidine rings is 1. The van der Waals surface area contributed by atoms with Crippen LogP contribution in [0.1, 0.15) is 81.9 Å². The maximum atomic E-state index is 15.1. The minimum Gasteiger partial charge on any atom is -0.353 e. The van der Waals surface area contributed by atoms with Gasteiger partial charge in [0.1, 0.15) is 23.9 Å². The van der Waals surface area contributed by atoms with Gasteiger partial charge in [-0.3, -0.25) is 24.0 Å². The molecule has 5 rings (SSSR count). The van der Waals surface area contributed by atoms with Gasteiger partial charge in [-0.15, -0.1) is 0 Å². The first-order valence-electron chi connectivity index (χ1n) is 22.2. The van der Waals surface area contributed by atoms with Crippen molar-refractivity contribution in [3.05, 3.63) is 132 Å². The number of likely N-dealkylation sites (tertiary alicyclic amines) is 1. The van der Waals surface area contributed by atoms with E-state index >= 15 is 4.39 Å². The second kappa shape index (κ2) is 24.1. The molecule has 1 heterocycles. The molecule has 5 atom stereocenters. The van der Waals surface area contributed by atoms with Crippen LogP contribution in [0.2, 0.25) is 0 Å². The van der Waals surface area contributed by atoms with Crippen LogP contribution in [-0.4, -0.2) is 84.3 Å². The van der Waals surface area contributed by atoms with Crippen LogP contribution in [0.5, 0.6) is 0 Å². The molecular weight excluding hydrogens is 798 g/mol. The minimum atomic E-state index is -1.03. The van der Waals surface area contributed by atoms with Crippen molar-refractivity contribution in [1.82, 2.24) is 26.2 Å². The van der Waals surface area contributed by atoms with Crippen LogP contribution in [0.3, 0.4) is 0 Å². The Morgan fingerprint density at radius 1 is 0.683 bits per heavy atom. The number of carbonyl (C=O) groups is 5. The molecule has 0 unspecified atom stereocenters. The summed E-state index contributed by atoms with van der Waals surface area (Å²) < 4.78 is 15.1. The predicted octanol–water partition coefficient (Wildman–Crippen LogP) is 5.15. The summed E-state index contributed by atoms with van der Waals surface area (Å²) in [6.07, 6.45) is 3.35. The molecule has 4 aromatic carbocycles. The average Bonchev–Trinajstić information content (AvgIpc) is 3.28. The molecule has 13 heteroatoms. The number of benzene rings is 4. The molecule has 8 N–H and O–H groups in total. The maximum Gasteiger partial charge on any atom is 0.245 e. The van der Waals surface area contributed by atoms with Gasteiger partial charge < -0.3 is 37.6 Å². The van der Waals surface area contributed by atoms with E-state index in [4.69, 9.17) is 11.5 Å². The smallest absolute Gasteiger partial charge is 0.245 e. The van der Waals surface area contributed by atoms with E-state index < -0.39 is 53.6 Å². The molecule has 12 nitrogen and oxygen atoms in total. The first kappa shape index (κ1) is 48.1. The Kier molecular flexibility index (Phi) is 18.4. The minimum absolute atomic E-state index is 0.00136. The molecule has 0 spiro atoms. The molecule has 0 radical (unpaired) electrons. The molecule has 1 aliphatic heterocycles. The summed E-state index contributed by atoms with van der Waals surface area (Å²) in [6, 6.07) is 28.8. The summed E-state index contributed by atoms with van der Waals surface area (Å²) in [5.74, 6) is -3.00. The zero-order valence-electron chi connectivity index (χ0n) is 36.7. The second-order valence-electron chi connectivity index (χ2n) is 17.0. The monoisotopic (exact) mass is 861 g/mol. The van der Waals surface area contributed by atoms with Crippen LogP contribution >= 0.6 is 0 Å². The molecule has 336 valence electrons. The van der Waals surface area contributed by atoms with Crippen molar-refractivity contribution < 1.29 is 28.4 Å². The third kappa shape index (κ3) is 14.6. The highest BCUT2D eigenvalue weighted by atomic mass is 19.1. The van der Waals surface area contributed by atoms with Crippen molar-refractivity contribution in [2.45, 2.75) is 108 Å². The van der Waals surface area contributed by atoms with Gasteiger partial charge in [-0.25, -0.2) is 4.39 Å². The fourth-order valence-corrected chi connectivity index (χ4v) is 7.89. The van der Waals surface area contributed by atoms with Crippen LogP contribution in [0.25, 0.3) is 11.1 Å². The highest BCUT2D eigenvalue weighted by Gasteiger charge is 2.34. The third-order valence-corrected chi connectivity index (χ3v) is 11.6.